The predicted octanol–water partition coefficient (Wildman–Crippen LogP) is 3.87. The van der Waals surface area contributed by atoms with Crippen LogP contribution in [0.2, 0.25) is 0 Å². The molecule has 0 amide bonds. The first kappa shape index (κ1) is 16.1. The lowest BCUT2D eigenvalue weighted by molar-refractivity contribution is 0.0509. The number of imidazole rings is 1. The number of nitrogens with zero attached hydrogens (tertiary/aromatic N) is 3. The van der Waals surface area contributed by atoms with Gasteiger partial charge in [0.2, 0.25) is 0 Å². The van der Waals surface area contributed by atoms with E-state index >= 15 is 0 Å². The number of aromatic amines is 1. The summed E-state index contributed by atoms with van der Waals surface area (Å²) in [6.07, 6.45) is 7.87. The number of pyridine rings is 1. The topological polar surface area (TPSA) is 54.0 Å². The van der Waals surface area contributed by atoms with E-state index in [9.17, 15) is 0 Å². The van der Waals surface area contributed by atoms with Crippen molar-refractivity contribution in [2.45, 2.75) is 6.42 Å². The highest BCUT2D eigenvalue weighted by molar-refractivity contribution is 5.83. The molecule has 28 heavy (non-hydrogen) atoms. The fourth-order valence-electron chi connectivity index (χ4n) is 4.40. The van der Waals surface area contributed by atoms with E-state index in [0.717, 1.165) is 48.9 Å². The second-order valence-electron chi connectivity index (χ2n) is 7.84. The molecule has 3 aliphatic rings. The van der Waals surface area contributed by atoms with Gasteiger partial charge in [0.1, 0.15) is 5.82 Å². The van der Waals surface area contributed by atoms with E-state index in [-0.39, 0.29) is 0 Å². The van der Waals surface area contributed by atoms with Crippen LogP contribution in [0.15, 0.2) is 60.4 Å². The Balaban J connectivity index is 1.35. The summed E-state index contributed by atoms with van der Waals surface area (Å²) in [5.74, 6) is 2.26. The van der Waals surface area contributed by atoms with Crippen LogP contribution < -0.4 is 0 Å². The Labute approximate surface area is 163 Å². The van der Waals surface area contributed by atoms with Crippen LogP contribution in [0, 0.1) is 11.8 Å². The maximum atomic E-state index is 5.53. The van der Waals surface area contributed by atoms with Crippen LogP contribution in [0.25, 0.3) is 27.9 Å². The standard InChI is InChI=1S/C23H22N4O/c1-2-4-15(5-3-1)18-12-20-23(24-14-18)26-22(25-20)17-10-16-11-19(16)21(13-17)27-6-8-28-9-7-27/h1-5,10,12-14,16,19H,6-9,11H2,(H,24,25,26). The van der Waals surface area contributed by atoms with E-state index in [1.807, 2.05) is 12.3 Å². The highest BCUT2D eigenvalue weighted by Gasteiger charge is 2.43. The molecular formula is C23H22N4O. The molecule has 0 spiro atoms. The minimum absolute atomic E-state index is 0.652. The first-order valence-electron chi connectivity index (χ1n) is 10.0. The largest absolute Gasteiger partial charge is 0.378 e. The molecule has 1 N–H and O–H groups in total. The lowest BCUT2D eigenvalue weighted by Gasteiger charge is -2.32. The van der Waals surface area contributed by atoms with Crippen molar-refractivity contribution in [1.29, 1.82) is 0 Å². The van der Waals surface area contributed by atoms with Crippen molar-refractivity contribution >= 4 is 16.7 Å². The molecule has 5 heteroatoms. The second-order valence-corrected chi connectivity index (χ2v) is 7.84. The summed E-state index contributed by atoms with van der Waals surface area (Å²) in [5, 5.41) is 0. The number of fused-ring (bicyclic) bond motifs is 2. The van der Waals surface area contributed by atoms with E-state index in [1.54, 1.807) is 0 Å². The number of allylic oxidation sites excluding steroid dienone is 4. The van der Waals surface area contributed by atoms with Crippen LogP contribution in [0.1, 0.15) is 12.2 Å². The molecule has 2 atom stereocenters. The van der Waals surface area contributed by atoms with Crippen LogP contribution in [-0.4, -0.2) is 46.2 Å². The number of ether oxygens (including phenoxy) is 1. The lowest BCUT2D eigenvalue weighted by Crippen LogP contribution is -2.36. The maximum absolute atomic E-state index is 5.53. The number of rotatable bonds is 3. The van der Waals surface area contributed by atoms with Crippen molar-refractivity contribution in [1.82, 2.24) is 19.9 Å². The summed E-state index contributed by atoms with van der Waals surface area (Å²) in [6.45, 7) is 3.63. The third kappa shape index (κ3) is 2.74. The van der Waals surface area contributed by atoms with Crippen LogP contribution >= 0.6 is 0 Å². The van der Waals surface area contributed by atoms with Crippen LogP contribution in [0.5, 0.6) is 0 Å². The molecule has 2 aromatic heterocycles. The minimum Gasteiger partial charge on any atom is -0.378 e. The molecule has 6 rings (SSSR count). The zero-order valence-electron chi connectivity index (χ0n) is 15.6. The molecule has 1 saturated heterocycles. The maximum Gasteiger partial charge on any atom is 0.178 e. The van der Waals surface area contributed by atoms with E-state index in [4.69, 9.17) is 9.72 Å². The number of morpholine rings is 1. The third-order valence-electron chi connectivity index (χ3n) is 6.01. The van der Waals surface area contributed by atoms with Crippen molar-refractivity contribution in [2.75, 3.05) is 26.3 Å². The number of benzene rings is 1. The fraction of sp³-hybridized carbons (Fsp3) is 0.304. The second kappa shape index (κ2) is 6.31. The number of H-pyrrole nitrogens is 1. The van der Waals surface area contributed by atoms with Gasteiger partial charge in [-0.25, -0.2) is 9.97 Å². The SMILES string of the molecule is C1=C(c2nc3ncc(-c4ccccc4)cc3[nH]2)C=C(N2CCOCC2)C2CC12. The summed E-state index contributed by atoms with van der Waals surface area (Å²) < 4.78 is 5.53. The Bertz CT molecular complexity index is 1090. The van der Waals surface area contributed by atoms with Crippen LogP contribution in [0.3, 0.4) is 0 Å². The van der Waals surface area contributed by atoms with Crippen molar-refractivity contribution in [3.05, 3.63) is 66.3 Å². The van der Waals surface area contributed by atoms with Crippen molar-refractivity contribution in [2.24, 2.45) is 11.8 Å². The van der Waals surface area contributed by atoms with Crippen LogP contribution in [-0.2, 0) is 4.74 Å². The summed E-state index contributed by atoms with van der Waals surface area (Å²) in [6, 6.07) is 12.5. The summed E-state index contributed by atoms with van der Waals surface area (Å²) in [4.78, 5) is 15.4. The van der Waals surface area contributed by atoms with Gasteiger partial charge in [-0.05, 0) is 30.0 Å². The van der Waals surface area contributed by atoms with Crippen molar-refractivity contribution in [3.8, 4) is 11.1 Å². The number of aromatic nitrogens is 3. The summed E-state index contributed by atoms with van der Waals surface area (Å²) >= 11 is 0. The van der Waals surface area contributed by atoms with E-state index in [2.05, 4.69) is 57.4 Å². The molecule has 0 bridgehead atoms. The Morgan fingerprint density at radius 1 is 1.07 bits per heavy atom. The van der Waals surface area contributed by atoms with E-state index in [0.29, 0.717) is 11.8 Å². The molecule has 3 aromatic rings. The van der Waals surface area contributed by atoms with Crippen molar-refractivity contribution in [3.63, 3.8) is 0 Å². The number of hydrogen-bond donors (Lipinski definition) is 1. The quantitative estimate of drug-likeness (QED) is 0.760. The van der Waals surface area contributed by atoms with E-state index < -0.39 is 0 Å². The fourth-order valence-corrected chi connectivity index (χ4v) is 4.40. The van der Waals surface area contributed by atoms with Gasteiger partial charge < -0.3 is 14.6 Å². The Morgan fingerprint density at radius 3 is 2.79 bits per heavy atom. The van der Waals surface area contributed by atoms with E-state index in [1.165, 1.54) is 23.3 Å². The molecular weight excluding hydrogens is 348 g/mol. The first-order chi connectivity index (χ1) is 13.8. The van der Waals surface area contributed by atoms with Gasteiger partial charge in [0.15, 0.2) is 5.65 Å². The van der Waals surface area contributed by atoms with Gasteiger partial charge in [0, 0.05) is 42.0 Å². The van der Waals surface area contributed by atoms with Gasteiger partial charge >= 0.3 is 0 Å². The average Bonchev–Trinajstić information content (AvgIpc) is 3.43. The van der Waals surface area contributed by atoms with Gasteiger partial charge in [-0.2, -0.15) is 0 Å². The minimum atomic E-state index is 0.652. The Kier molecular flexibility index (Phi) is 3.62. The van der Waals surface area contributed by atoms with Crippen LogP contribution in [0.4, 0.5) is 0 Å². The molecule has 1 aromatic carbocycles. The zero-order valence-corrected chi connectivity index (χ0v) is 15.6. The summed E-state index contributed by atoms with van der Waals surface area (Å²) in [5.41, 5.74) is 6.68. The van der Waals surface area contributed by atoms with Gasteiger partial charge in [-0.15, -0.1) is 0 Å². The first-order valence-corrected chi connectivity index (χ1v) is 10.0. The van der Waals surface area contributed by atoms with Gasteiger partial charge in [0.25, 0.3) is 0 Å². The lowest BCUT2D eigenvalue weighted by atomic mass is 10.0. The van der Waals surface area contributed by atoms with Gasteiger partial charge in [-0.3, -0.25) is 0 Å². The van der Waals surface area contributed by atoms with Gasteiger partial charge in [-0.1, -0.05) is 36.4 Å². The molecule has 2 unspecified atom stereocenters. The monoisotopic (exact) mass is 370 g/mol. The molecule has 1 saturated carbocycles. The molecule has 0 radical (unpaired) electrons. The van der Waals surface area contributed by atoms with Gasteiger partial charge in [0.05, 0.1) is 18.7 Å². The average molecular weight is 370 g/mol. The zero-order chi connectivity index (χ0) is 18.5. The molecule has 1 aliphatic heterocycles. The molecule has 2 aliphatic carbocycles. The normalized spacial score (nSPS) is 23.9. The smallest absolute Gasteiger partial charge is 0.178 e. The third-order valence-corrected chi connectivity index (χ3v) is 6.01. The molecule has 140 valence electrons. The Hall–Kier alpha value is -2.92. The molecule has 2 fully saturated rings. The number of hydrogen-bond acceptors (Lipinski definition) is 4. The highest BCUT2D eigenvalue weighted by atomic mass is 16.5. The molecule has 5 nitrogen and oxygen atoms in total. The van der Waals surface area contributed by atoms with Crippen molar-refractivity contribution < 1.29 is 4.74 Å². The number of nitrogens with one attached hydrogen (secondary N) is 1. The molecule has 3 heterocycles. The predicted molar refractivity (Wildman–Crippen MR) is 109 cm³/mol. The highest BCUT2D eigenvalue weighted by Crippen LogP contribution is 2.51. The Morgan fingerprint density at radius 2 is 1.93 bits per heavy atom. The summed E-state index contributed by atoms with van der Waals surface area (Å²) in [7, 11) is 0.